The molecule has 2 fully saturated rings. The molecule has 0 saturated carbocycles. The van der Waals surface area contributed by atoms with Crippen molar-refractivity contribution in [1.29, 1.82) is 0 Å². The molecule has 0 radical (unpaired) electrons. The van der Waals surface area contributed by atoms with Gasteiger partial charge in [-0.15, -0.1) is 0 Å². The molecule has 140 valence electrons. The second kappa shape index (κ2) is 7.47. The average Bonchev–Trinajstić information content (AvgIpc) is 2.68. The van der Waals surface area contributed by atoms with E-state index in [1.54, 1.807) is 24.5 Å². The lowest BCUT2D eigenvalue weighted by atomic mass is 9.95. The van der Waals surface area contributed by atoms with E-state index in [1.165, 1.54) is 0 Å². The fourth-order valence-corrected chi connectivity index (χ4v) is 3.76. The van der Waals surface area contributed by atoms with Crippen LogP contribution in [-0.2, 0) is 0 Å². The van der Waals surface area contributed by atoms with Crippen LogP contribution in [0.2, 0.25) is 0 Å². The van der Waals surface area contributed by atoms with Gasteiger partial charge in [-0.2, -0.15) is 0 Å². The Labute approximate surface area is 159 Å². The summed E-state index contributed by atoms with van der Waals surface area (Å²) in [5.74, 6) is 2.16. The number of pyridine rings is 1. The molecular weight excluding hydrogens is 341 g/mol. The molecule has 4 rings (SSSR count). The average molecular weight is 365 g/mol. The number of anilines is 2. The zero-order valence-corrected chi connectivity index (χ0v) is 15.4. The third-order valence-electron chi connectivity index (χ3n) is 5.38. The third kappa shape index (κ3) is 3.44. The van der Waals surface area contributed by atoms with Gasteiger partial charge in [0.2, 0.25) is 0 Å². The van der Waals surface area contributed by atoms with Gasteiger partial charge in [0, 0.05) is 44.5 Å². The molecule has 0 spiro atoms. The van der Waals surface area contributed by atoms with Crippen molar-refractivity contribution in [3.05, 3.63) is 54.6 Å². The van der Waals surface area contributed by atoms with Crippen molar-refractivity contribution in [2.45, 2.75) is 24.9 Å². The first-order valence-corrected chi connectivity index (χ1v) is 9.40. The molecule has 5 nitrogen and oxygen atoms in total. The van der Waals surface area contributed by atoms with Gasteiger partial charge < -0.3 is 9.80 Å². The summed E-state index contributed by atoms with van der Waals surface area (Å²) in [6.07, 6.45) is 7.46. The van der Waals surface area contributed by atoms with Crippen LogP contribution in [0.1, 0.15) is 35.7 Å². The van der Waals surface area contributed by atoms with Crippen LogP contribution >= 0.6 is 0 Å². The van der Waals surface area contributed by atoms with Gasteiger partial charge in [-0.25, -0.2) is 14.4 Å². The second-order valence-corrected chi connectivity index (χ2v) is 7.08. The molecule has 0 aliphatic carbocycles. The summed E-state index contributed by atoms with van der Waals surface area (Å²) >= 11 is 0. The number of rotatable bonds is 5. The molecule has 2 aliphatic heterocycles. The second-order valence-electron chi connectivity index (χ2n) is 7.08. The SMILES string of the molecule is C=Cc1ccc(N2CC(c3nccnc3N3CCC(F)CC3)C2)nc1C=C. The molecule has 0 amide bonds. The number of piperidine rings is 1. The Morgan fingerprint density at radius 1 is 1.00 bits per heavy atom. The van der Waals surface area contributed by atoms with Crippen LogP contribution in [0.5, 0.6) is 0 Å². The van der Waals surface area contributed by atoms with E-state index in [0.29, 0.717) is 31.8 Å². The highest BCUT2D eigenvalue weighted by atomic mass is 19.1. The van der Waals surface area contributed by atoms with E-state index in [0.717, 1.165) is 41.7 Å². The molecule has 2 aromatic heterocycles. The normalized spacial score (nSPS) is 18.3. The van der Waals surface area contributed by atoms with E-state index in [9.17, 15) is 4.39 Å². The molecule has 2 aliphatic rings. The fourth-order valence-electron chi connectivity index (χ4n) is 3.76. The summed E-state index contributed by atoms with van der Waals surface area (Å²) in [7, 11) is 0. The van der Waals surface area contributed by atoms with Crippen molar-refractivity contribution in [2.75, 3.05) is 36.0 Å². The molecular formula is C21H24FN5. The van der Waals surface area contributed by atoms with Crippen molar-refractivity contribution in [1.82, 2.24) is 15.0 Å². The number of hydrogen-bond donors (Lipinski definition) is 0. The van der Waals surface area contributed by atoms with Gasteiger partial charge in [0.1, 0.15) is 12.0 Å². The minimum Gasteiger partial charge on any atom is -0.355 e. The van der Waals surface area contributed by atoms with Crippen molar-refractivity contribution in [3.8, 4) is 0 Å². The van der Waals surface area contributed by atoms with Crippen LogP contribution < -0.4 is 9.80 Å². The Morgan fingerprint density at radius 3 is 2.44 bits per heavy atom. The zero-order chi connectivity index (χ0) is 18.8. The predicted molar refractivity (Wildman–Crippen MR) is 108 cm³/mol. The number of alkyl halides is 1. The highest BCUT2D eigenvalue weighted by Crippen LogP contribution is 2.35. The maximum absolute atomic E-state index is 13.5. The summed E-state index contributed by atoms with van der Waals surface area (Å²) in [6.45, 7) is 10.8. The molecule has 0 bridgehead atoms. The Bertz CT molecular complexity index is 838. The molecule has 27 heavy (non-hydrogen) atoms. The lowest BCUT2D eigenvalue weighted by Gasteiger charge is -2.41. The largest absolute Gasteiger partial charge is 0.355 e. The summed E-state index contributed by atoms with van der Waals surface area (Å²) in [6, 6.07) is 4.04. The van der Waals surface area contributed by atoms with Crippen LogP contribution in [0.4, 0.5) is 16.0 Å². The topological polar surface area (TPSA) is 45.2 Å². The summed E-state index contributed by atoms with van der Waals surface area (Å²) in [4.78, 5) is 18.3. The highest BCUT2D eigenvalue weighted by molar-refractivity contribution is 5.63. The predicted octanol–water partition coefficient (Wildman–Crippen LogP) is 3.70. The summed E-state index contributed by atoms with van der Waals surface area (Å²) in [5.41, 5.74) is 2.84. The van der Waals surface area contributed by atoms with E-state index in [1.807, 2.05) is 12.1 Å². The van der Waals surface area contributed by atoms with Crippen molar-refractivity contribution in [2.24, 2.45) is 0 Å². The molecule has 0 atom stereocenters. The third-order valence-corrected chi connectivity index (χ3v) is 5.38. The molecule has 0 unspecified atom stereocenters. The Hall–Kier alpha value is -2.76. The molecule has 6 heteroatoms. The lowest BCUT2D eigenvalue weighted by Crippen LogP contribution is -2.47. The maximum Gasteiger partial charge on any atom is 0.150 e. The monoisotopic (exact) mass is 365 g/mol. The van der Waals surface area contributed by atoms with Crippen molar-refractivity contribution < 1.29 is 4.39 Å². The first-order valence-electron chi connectivity index (χ1n) is 9.40. The minimum atomic E-state index is -0.691. The maximum atomic E-state index is 13.5. The number of halogens is 1. The van der Waals surface area contributed by atoms with Crippen LogP contribution in [0.15, 0.2) is 37.7 Å². The van der Waals surface area contributed by atoms with Crippen molar-refractivity contribution in [3.63, 3.8) is 0 Å². The Kier molecular flexibility index (Phi) is 4.88. The lowest BCUT2D eigenvalue weighted by molar-refractivity contribution is 0.276. The van der Waals surface area contributed by atoms with Gasteiger partial charge >= 0.3 is 0 Å². The van der Waals surface area contributed by atoms with Gasteiger partial charge in [-0.1, -0.05) is 19.2 Å². The number of nitrogens with zero attached hydrogens (tertiary/aromatic N) is 5. The fraction of sp³-hybridized carbons (Fsp3) is 0.381. The van der Waals surface area contributed by atoms with Gasteiger partial charge in [-0.05, 0) is 36.6 Å². The van der Waals surface area contributed by atoms with Crippen molar-refractivity contribution >= 4 is 23.8 Å². The smallest absolute Gasteiger partial charge is 0.150 e. The van der Waals surface area contributed by atoms with Crippen LogP contribution in [0, 0.1) is 0 Å². The van der Waals surface area contributed by atoms with E-state index < -0.39 is 6.17 Å². The molecule has 0 aromatic carbocycles. The first-order chi connectivity index (χ1) is 13.2. The summed E-state index contributed by atoms with van der Waals surface area (Å²) in [5, 5.41) is 0. The van der Waals surface area contributed by atoms with E-state index >= 15 is 0 Å². The minimum absolute atomic E-state index is 0.310. The van der Waals surface area contributed by atoms with Gasteiger partial charge in [0.25, 0.3) is 0 Å². The van der Waals surface area contributed by atoms with Gasteiger partial charge in [0.05, 0.1) is 11.4 Å². The summed E-state index contributed by atoms with van der Waals surface area (Å²) < 4.78 is 13.5. The van der Waals surface area contributed by atoms with Gasteiger partial charge in [0.15, 0.2) is 5.82 Å². The molecule has 0 N–H and O–H groups in total. The first kappa shape index (κ1) is 17.6. The highest BCUT2D eigenvalue weighted by Gasteiger charge is 2.34. The molecule has 2 aromatic rings. The number of hydrogen-bond acceptors (Lipinski definition) is 5. The molecule has 4 heterocycles. The van der Waals surface area contributed by atoms with Crippen LogP contribution in [-0.4, -0.2) is 47.3 Å². The van der Waals surface area contributed by atoms with Crippen LogP contribution in [0.3, 0.4) is 0 Å². The Balaban J connectivity index is 1.49. The zero-order valence-electron chi connectivity index (χ0n) is 15.4. The van der Waals surface area contributed by atoms with Gasteiger partial charge in [-0.3, -0.25) is 4.98 Å². The van der Waals surface area contributed by atoms with E-state index in [2.05, 4.69) is 37.9 Å². The quantitative estimate of drug-likeness (QED) is 0.808. The standard InChI is InChI=1S/C21H24FN5/c1-3-15-5-6-19(25-18(15)4-2)27-13-16(14-27)20-21(24-10-9-23-20)26-11-7-17(22)8-12-26/h3-6,9-10,16-17H,1-2,7-8,11-14H2. The van der Waals surface area contributed by atoms with Crippen LogP contribution in [0.25, 0.3) is 12.2 Å². The Morgan fingerprint density at radius 2 is 1.74 bits per heavy atom. The number of aromatic nitrogens is 3. The van der Waals surface area contributed by atoms with E-state index in [-0.39, 0.29) is 0 Å². The molecule has 2 saturated heterocycles. The van der Waals surface area contributed by atoms with E-state index in [4.69, 9.17) is 0 Å².